The van der Waals surface area contributed by atoms with Crippen molar-refractivity contribution < 1.29 is 13.2 Å². The van der Waals surface area contributed by atoms with Gasteiger partial charge in [-0.15, -0.1) is 6.58 Å². The summed E-state index contributed by atoms with van der Waals surface area (Å²) in [6.07, 6.45) is 9.01. The molecule has 5 nitrogen and oxygen atoms in total. The topological polar surface area (TPSA) is 66.5 Å². The molecule has 2 aromatic rings. The first kappa shape index (κ1) is 29.6. The van der Waals surface area contributed by atoms with Gasteiger partial charge in [0.05, 0.1) is 16.7 Å². The van der Waals surface area contributed by atoms with Gasteiger partial charge in [-0.2, -0.15) is 0 Å². The van der Waals surface area contributed by atoms with Gasteiger partial charge in [-0.25, -0.2) is 13.1 Å². The lowest BCUT2D eigenvalue weighted by Crippen LogP contribution is -2.59. The predicted octanol–water partition coefficient (Wildman–Crippen LogP) is 7.66. The van der Waals surface area contributed by atoms with E-state index in [1.165, 1.54) is 0 Å². The summed E-state index contributed by atoms with van der Waals surface area (Å²) in [5, 5.41) is 0.949. The summed E-state index contributed by atoms with van der Waals surface area (Å²) < 4.78 is 29.5. The number of hydrogen-bond acceptors (Lipinski definition) is 3. The van der Waals surface area contributed by atoms with Crippen molar-refractivity contribution in [2.24, 2.45) is 11.3 Å². The fourth-order valence-corrected chi connectivity index (χ4v) is 8.96. The molecule has 40 heavy (non-hydrogen) atoms. The van der Waals surface area contributed by atoms with Crippen LogP contribution in [-0.2, 0) is 14.8 Å². The van der Waals surface area contributed by atoms with Crippen LogP contribution in [0.2, 0.25) is 10.0 Å². The quantitative estimate of drug-likeness (QED) is 0.268. The van der Waals surface area contributed by atoms with Gasteiger partial charge in [0.1, 0.15) is 0 Å². The first-order valence-corrected chi connectivity index (χ1v) is 16.9. The molecule has 2 aliphatic carbocycles. The summed E-state index contributed by atoms with van der Waals surface area (Å²) >= 11 is 12.8. The van der Waals surface area contributed by atoms with E-state index >= 15 is 0 Å². The van der Waals surface area contributed by atoms with E-state index in [1.54, 1.807) is 0 Å². The third-order valence-corrected chi connectivity index (χ3v) is 11.8. The van der Waals surface area contributed by atoms with Crippen LogP contribution in [0, 0.1) is 11.3 Å². The normalized spacial score (nSPS) is 26.7. The van der Waals surface area contributed by atoms with Gasteiger partial charge < -0.3 is 4.90 Å². The zero-order chi connectivity index (χ0) is 28.5. The Morgan fingerprint density at radius 1 is 1.05 bits per heavy atom. The lowest BCUT2D eigenvalue weighted by Gasteiger charge is -2.53. The second-order valence-corrected chi connectivity index (χ2v) is 14.8. The molecule has 5 rings (SSSR count). The Labute approximate surface area is 249 Å². The number of rotatable bonds is 11. The number of likely N-dealkylation sites (tertiary alicyclic amines) is 1. The Kier molecular flexibility index (Phi) is 9.01. The molecular formula is C32H40Cl2N2O3S. The number of carbonyl (C=O) groups excluding carboxylic acids is 1. The Balaban J connectivity index is 1.62. The number of sulfonamides is 1. The number of piperidine rings is 1. The second-order valence-electron chi connectivity index (χ2n) is 11.9. The SMILES string of the molecule is C=CC[C@@]1(CC)C[C@H](c2cccc(Cl)c2)[C@@H](c2ccc(Cl)cc2)N([C@H](CNS(=O)(=O)C2CCCC2)C2CC2)C1=O. The number of benzene rings is 2. The molecule has 1 amide bonds. The summed E-state index contributed by atoms with van der Waals surface area (Å²) in [5.41, 5.74) is 1.44. The van der Waals surface area contributed by atoms with Gasteiger partial charge in [-0.05, 0) is 86.3 Å². The third-order valence-electron chi connectivity index (χ3n) is 9.44. The number of allylic oxidation sites excluding steroid dienone is 1. The van der Waals surface area contributed by atoms with E-state index in [1.807, 2.05) is 48.5 Å². The molecule has 0 spiro atoms. The number of hydrogen-bond donors (Lipinski definition) is 1. The monoisotopic (exact) mass is 602 g/mol. The van der Waals surface area contributed by atoms with Crippen molar-refractivity contribution in [1.82, 2.24) is 9.62 Å². The average molecular weight is 604 g/mol. The largest absolute Gasteiger partial charge is 0.330 e. The smallest absolute Gasteiger partial charge is 0.229 e. The maximum atomic E-state index is 14.8. The van der Waals surface area contributed by atoms with Gasteiger partial charge >= 0.3 is 0 Å². The summed E-state index contributed by atoms with van der Waals surface area (Å²) in [5.74, 6) is 0.302. The summed E-state index contributed by atoms with van der Waals surface area (Å²) in [6, 6.07) is 15.2. The van der Waals surface area contributed by atoms with E-state index in [2.05, 4.69) is 29.2 Å². The zero-order valence-corrected chi connectivity index (χ0v) is 25.5. The number of nitrogens with one attached hydrogen (secondary N) is 1. The van der Waals surface area contributed by atoms with E-state index in [9.17, 15) is 13.2 Å². The number of halogens is 2. The van der Waals surface area contributed by atoms with Crippen LogP contribution in [0.1, 0.15) is 87.8 Å². The highest BCUT2D eigenvalue weighted by Gasteiger charge is 2.54. The van der Waals surface area contributed by atoms with Crippen molar-refractivity contribution in [2.45, 2.75) is 88.0 Å². The highest BCUT2D eigenvalue weighted by Crippen LogP contribution is 2.55. The van der Waals surface area contributed by atoms with Crippen LogP contribution in [0.15, 0.2) is 61.2 Å². The summed E-state index contributed by atoms with van der Waals surface area (Å²) in [7, 11) is -3.46. The van der Waals surface area contributed by atoms with Crippen molar-refractivity contribution in [1.29, 1.82) is 0 Å². The van der Waals surface area contributed by atoms with E-state index in [-0.39, 0.29) is 41.6 Å². The van der Waals surface area contributed by atoms with Gasteiger partial charge in [-0.1, -0.05) is 73.3 Å². The minimum Gasteiger partial charge on any atom is -0.330 e. The standard InChI is InChI=1S/C32H40Cl2N2O3S/c1-3-18-32(4-2)20-28(24-8-7-9-26(34)19-24)30(23-14-16-25(33)17-15-23)36(31(32)37)29(22-12-13-22)21-35-40(38,39)27-10-5-6-11-27/h3,7-9,14-17,19,22,27-30,35H,1,4-6,10-13,18,20-21H2,2H3/t28-,29-,30-,32+/m1/s1. The van der Waals surface area contributed by atoms with Crippen molar-refractivity contribution in [2.75, 3.05) is 6.54 Å². The van der Waals surface area contributed by atoms with Gasteiger partial charge in [0, 0.05) is 28.5 Å². The van der Waals surface area contributed by atoms with Gasteiger partial charge in [-0.3, -0.25) is 4.79 Å². The molecule has 1 aliphatic heterocycles. The van der Waals surface area contributed by atoms with Crippen molar-refractivity contribution in [3.8, 4) is 0 Å². The highest BCUT2D eigenvalue weighted by molar-refractivity contribution is 7.90. The molecule has 0 aromatic heterocycles. The summed E-state index contributed by atoms with van der Waals surface area (Å²) in [4.78, 5) is 16.8. The van der Waals surface area contributed by atoms with E-state index in [0.717, 1.165) is 36.8 Å². The van der Waals surface area contributed by atoms with Crippen LogP contribution < -0.4 is 4.72 Å². The lowest BCUT2D eigenvalue weighted by molar-refractivity contribution is -0.156. The van der Waals surface area contributed by atoms with Crippen molar-refractivity contribution >= 4 is 39.1 Å². The Morgan fingerprint density at radius 2 is 1.75 bits per heavy atom. The molecule has 1 N–H and O–H groups in total. The molecular weight excluding hydrogens is 563 g/mol. The predicted molar refractivity (Wildman–Crippen MR) is 163 cm³/mol. The molecule has 4 atom stereocenters. The number of amides is 1. The first-order valence-electron chi connectivity index (χ1n) is 14.6. The van der Waals surface area contributed by atoms with Gasteiger partial charge in [0.25, 0.3) is 0 Å². The molecule has 3 fully saturated rings. The minimum absolute atomic E-state index is 0.0369. The maximum Gasteiger partial charge on any atom is 0.229 e. The van der Waals surface area contributed by atoms with Crippen LogP contribution in [0.25, 0.3) is 0 Å². The molecule has 1 saturated heterocycles. The van der Waals surface area contributed by atoms with E-state index in [4.69, 9.17) is 23.2 Å². The van der Waals surface area contributed by atoms with E-state index < -0.39 is 15.4 Å². The zero-order valence-electron chi connectivity index (χ0n) is 23.2. The van der Waals surface area contributed by atoms with Crippen molar-refractivity contribution in [3.05, 3.63) is 82.4 Å². The Morgan fingerprint density at radius 3 is 2.35 bits per heavy atom. The molecule has 2 aromatic carbocycles. The number of carbonyl (C=O) groups is 1. The van der Waals surface area contributed by atoms with Crippen LogP contribution in [-0.4, -0.2) is 37.1 Å². The average Bonchev–Trinajstić information content (AvgIpc) is 3.61. The summed E-state index contributed by atoms with van der Waals surface area (Å²) in [6.45, 7) is 6.32. The van der Waals surface area contributed by atoms with Gasteiger partial charge in [0.2, 0.25) is 15.9 Å². The molecule has 3 aliphatic rings. The first-order chi connectivity index (χ1) is 19.2. The molecule has 0 radical (unpaired) electrons. The Bertz CT molecular complexity index is 1320. The Hall–Kier alpha value is -1.86. The van der Waals surface area contributed by atoms with Crippen molar-refractivity contribution in [3.63, 3.8) is 0 Å². The molecule has 8 heteroatoms. The number of nitrogens with zero attached hydrogens (tertiary/aromatic N) is 1. The van der Waals surface area contributed by atoms with Crippen LogP contribution in [0.3, 0.4) is 0 Å². The van der Waals surface area contributed by atoms with E-state index in [0.29, 0.717) is 42.1 Å². The molecule has 0 unspecified atom stereocenters. The molecule has 1 heterocycles. The fourth-order valence-electron chi connectivity index (χ4n) is 7.04. The molecule has 216 valence electrons. The molecule has 0 bridgehead atoms. The molecule has 2 saturated carbocycles. The highest BCUT2D eigenvalue weighted by atomic mass is 35.5. The third kappa shape index (κ3) is 6.01. The van der Waals surface area contributed by atoms with Crippen LogP contribution >= 0.6 is 23.2 Å². The lowest BCUT2D eigenvalue weighted by atomic mass is 9.65. The van der Waals surface area contributed by atoms with Crippen LogP contribution in [0.4, 0.5) is 0 Å². The fraction of sp³-hybridized carbons (Fsp3) is 0.531. The van der Waals surface area contributed by atoms with Crippen LogP contribution in [0.5, 0.6) is 0 Å². The minimum atomic E-state index is -3.46. The maximum absolute atomic E-state index is 14.8. The second kappa shape index (κ2) is 12.2. The van der Waals surface area contributed by atoms with Gasteiger partial charge in [0.15, 0.2) is 0 Å².